The van der Waals surface area contributed by atoms with Gasteiger partial charge in [0.05, 0.1) is 27.3 Å². The summed E-state index contributed by atoms with van der Waals surface area (Å²) in [5, 5.41) is 11.7. The molecule has 0 unspecified atom stereocenters. The standard InChI is InChI=1S/C23H21F2N5O5S2/c1-3-8-36(32,33)30-17-6-5-16(24)19(20(17)25)22(31)21-15-10-14(11-27-23(15)29-28-21)13-4-7-18(12(2)9-13)37(26,34)35/h4-7,9-11,30H,3,8H2,1-2H3,(H2,26,34,35)(H,27,28,29). The molecule has 10 nitrogen and oxygen atoms in total. The predicted molar refractivity (Wildman–Crippen MR) is 133 cm³/mol. The number of aromatic amines is 1. The number of aryl methyl sites for hydroxylation is 1. The van der Waals surface area contributed by atoms with Crippen LogP contribution >= 0.6 is 0 Å². The number of nitrogens with one attached hydrogen (secondary N) is 2. The zero-order valence-electron chi connectivity index (χ0n) is 19.5. The number of carbonyl (C=O) groups is 1. The number of hydrogen-bond acceptors (Lipinski definition) is 7. The van der Waals surface area contributed by atoms with Crippen LogP contribution in [0.25, 0.3) is 22.2 Å². The van der Waals surface area contributed by atoms with E-state index in [9.17, 15) is 26.0 Å². The van der Waals surface area contributed by atoms with E-state index >= 15 is 4.39 Å². The maximum Gasteiger partial charge on any atom is 0.238 e. The van der Waals surface area contributed by atoms with Crippen molar-refractivity contribution < 1.29 is 30.4 Å². The normalized spacial score (nSPS) is 12.1. The first-order chi connectivity index (χ1) is 17.3. The van der Waals surface area contributed by atoms with Crippen molar-refractivity contribution in [1.82, 2.24) is 15.2 Å². The van der Waals surface area contributed by atoms with Crippen LogP contribution in [0.4, 0.5) is 14.5 Å². The number of halogens is 2. The van der Waals surface area contributed by atoms with Gasteiger partial charge in [-0.25, -0.2) is 35.7 Å². The number of ketones is 1. The predicted octanol–water partition coefficient (Wildman–Crippen LogP) is 3.24. The molecule has 0 saturated heterocycles. The van der Waals surface area contributed by atoms with E-state index < -0.39 is 48.7 Å². The van der Waals surface area contributed by atoms with Gasteiger partial charge in [-0.05, 0) is 48.7 Å². The average Bonchev–Trinajstić information content (AvgIpc) is 3.23. The number of sulfonamides is 2. The van der Waals surface area contributed by atoms with Crippen molar-refractivity contribution in [2.24, 2.45) is 5.14 Å². The third kappa shape index (κ3) is 5.21. The second-order valence-corrected chi connectivity index (χ2v) is 11.6. The highest BCUT2D eigenvalue weighted by Gasteiger charge is 2.27. The van der Waals surface area contributed by atoms with Crippen LogP contribution in [-0.2, 0) is 20.0 Å². The van der Waals surface area contributed by atoms with Gasteiger partial charge in [-0.2, -0.15) is 5.10 Å². The molecule has 4 N–H and O–H groups in total. The lowest BCUT2D eigenvalue weighted by Gasteiger charge is -2.11. The Balaban J connectivity index is 1.78. The van der Waals surface area contributed by atoms with Gasteiger partial charge < -0.3 is 0 Å². The van der Waals surface area contributed by atoms with Gasteiger partial charge >= 0.3 is 0 Å². The van der Waals surface area contributed by atoms with Gasteiger partial charge in [0.1, 0.15) is 11.5 Å². The highest BCUT2D eigenvalue weighted by atomic mass is 32.2. The van der Waals surface area contributed by atoms with Crippen LogP contribution in [0, 0.1) is 18.6 Å². The number of H-pyrrole nitrogens is 1. The fourth-order valence-electron chi connectivity index (χ4n) is 3.83. The van der Waals surface area contributed by atoms with E-state index in [-0.39, 0.29) is 33.8 Å². The second-order valence-electron chi connectivity index (χ2n) is 8.25. The largest absolute Gasteiger partial charge is 0.287 e. The number of nitrogens with zero attached hydrogens (tertiary/aromatic N) is 2. The molecule has 0 aliphatic heterocycles. The van der Waals surface area contributed by atoms with Crippen LogP contribution in [0.1, 0.15) is 35.0 Å². The summed E-state index contributed by atoms with van der Waals surface area (Å²) in [5.41, 5.74) is -0.320. The summed E-state index contributed by atoms with van der Waals surface area (Å²) >= 11 is 0. The summed E-state index contributed by atoms with van der Waals surface area (Å²) in [6.07, 6.45) is 1.71. The molecule has 0 aliphatic rings. The van der Waals surface area contributed by atoms with E-state index in [0.717, 1.165) is 12.1 Å². The van der Waals surface area contributed by atoms with E-state index in [1.165, 1.54) is 24.4 Å². The number of benzene rings is 2. The number of pyridine rings is 1. The molecule has 0 saturated carbocycles. The maximum absolute atomic E-state index is 15.2. The molecule has 2 aromatic carbocycles. The van der Waals surface area contributed by atoms with Crippen molar-refractivity contribution in [2.75, 3.05) is 10.5 Å². The van der Waals surface area contributed by atoms with E-state index in [1.54, 1.807) is 19.9 Å². The van der Waals surface area contributed by atoms with Crippen LogP contribution < -0.4 is 9.86 Å². The number of primary sulfonamides is 1. The van der Waals surface area contributed by atoms with Crippen LogP contribution in [0.3, 0.4) is 0 Å². The molecule has 37 heavy (non-hydrogen) atoms. The zero-order valence-corrected chi connectivity index (χ0v) is 21.2. The fourth-order valence-corrected chi connectivity index (χ4v) is 5.73. The van der Waals surface area contributed by atoms with Gasteiger partial charge in [0.25, 0.3) is 0 Å². The summed E-state index contributed by atoms with van der Waals surface area (Å²) in [6, 6.07) is 7.60. The second kappa shape index (κ2) is 9.61. The summed E-state index contributed by atoms with van der Waals surface area (Å²) in [7, 11) is -7.83. The Bertz CT molecular complexity index is 1770. The molecule has 0 spiro atoms. The molecule has 0 amide bonds. The molecule has 0 aliphatic carbocycles. The topological polar surface area (TPSA) is 165 Å². The van der Waals surface area contributed by atoms with E-state index in [1.807, 2.05) is 4.72 Å². The Labute approximate surface area is 211 Å². The molecule has 14 heteroatoms. The fraction of sp³-hybridized carbons (Fsp3) is 0.174. The molecule has 0 atom stereocenters. The maximum atomic E-state index is 15.2. The van der Waals surface area contributed by atoms with Gasteiger partial charge in [-0.15, -0.1) is 0 Å². The van der Waals surface area contributed by atoms with Gasteiger partial charge in [0, 0.05) is 11.8 Å². The van der Waals surface area contributed by atoms with Crippen molar-refractivity contribution in [3.8, 4) is 11.1 Å². The number of hydrogen-bond donors (Lipinski definition) is 3. The molecule has 4 rings (SSSR count). The first-order valence-electron chi connectivity index (χ1n) is 10.8. The molecule has 0 fully saturated rings. The molecular weight excluding hydrogens is 528 g/mol. The summed E-state index contributed by atoms with van der Waals surface area (Å²) < 4.78 is 79.4. The van der Waals surface area contributed by atoms with Gasteiger partial charge in [0.15, 0.2) is 11.5 Å². The monoisotopic (exact) mass is 549 g/mol. The number of rotatable bonds is 8. The number of nitrogens with two attached hydrogens (primary N) is 1. The zero-order chi connectivity index (χ0) is 27.1. The first kappa shape index (κ1) is 26.3. The van der Waals surface area contributed by atoms with Crippen LogP contribution in [0.15, 0.2) is 47.5 Å². The van der Waals surface area contributed by atoms with Crippen molar-refractivity contribution in [3.63, 3.8) is 0 Å². The van der Waals surface area contributed by atoms with E-state index in [4.69, 9.17) is 5.14 Å². The van der Waals surface area contributed by atoms with E-state index in [2.05, 4.69) is 15.2 Å². The molecule has 0 radical (unpaired) electrons. The number of carbonyl (C=O) groups excluding carboxylic acids is 1. The number of anilines is 1. The quantitative estimate of drug-likeness (QED) is 0.284. The first-order valence-corrected chi connectivity index (χ1v) is 14.0. The van der Waals surface area contributed by atoms with Crippen molar-refractivity contribution in [1.29, 1.82) is 0 Å². The summed E-state index contributed by atoms with van der Waals surface area (Å²) in [4.78, 5) is 17.3. The van der Waals surface area contributed by atoms with E-state index in [0.29, 0.717) is 16.7 Å². The lowest BCUT2D eigenvalue weighted by atomic mass is 10.0. The number of aromatic nitrogens is 3. The molecule has 194 valence electrons. The van der Waals surface area contributed by atoms with Crippen molar-refractivity contribution >= 4 is 42.6 Å². The Hall–Kier alpha value is -3.75. The van der Waals surface area contributed by atoms with Gasteiger partial charge in [0.2, 0.25) is 25.8 Å². The number of fused-ring (bicyclic) bond motifs is 1. The van der Waals surface area contributed by atoms with Crippen LogP contribution in [0.2, 0.25) is 0 Å². The van der Waals surface area contributed by atoms with Crippen molar-refractivity contribution in [2.45, 2.75) is 25.2 Å². The Kier molecular flexibility index (Phi) is 6.83. The lowest BCUT2D eigenvalue weighted by molar-refractivity contribution is 0.102. The highest BCUT2D eigenvalue weighted by molar-refractivity contribution is 7.92. The third-order valence-corrected chi connectivity index (χ3v) is 8.06. The molecule has 4 aromatic rings. The minimum absolute atomic E-state index is 0.0511. The highest BCUT2D eigenvalue weighted by Crippen LogP contribution is 2.30. The Morgan fingerprint density at radius 2 is 1.81 bits per heavy atom. The summed E-state index contributed by atoms with van der Waals surface area (Å²) in [5.74, 6) is -3.95. The molecule has 2 heterocycles. The van der Waals surface area contributed by atoms with Gasteiger partial charge in [-0.3, -0.25) is 14.6 Å². The molecule has 2 aromatic heterocycles. The SMILES string of the molecule is CCCS(=O)(=O)Nc1ccc(F)c(C(=O)c2[nH]nc3ncc(-c4ccc(S(N)(=O)=O)c(C)c4)cc23)c1F. The Morgan fingerprint density at radius 3 is 2.46 bits per heavy atom. The summed E-state index contributed by atoms with van der Waals surface area (Å²) in [6.45, 7) is 3.19. The third-order valence-electron chi connectivity index (χ3n) is 5.51. The Morgan fingerprint density at radius 1 is 1.08 bits per heavy atom. The van der Waals surface area contributed by atoms with Crippen LogP contribution in [0.5, 0.6) is 0 Å². The molecule has 0 bridgehead atoms. The smallest absolute Gasteiger partial charge is 0.238 e. The minimum atomic E-state index is -3.92. The van der Waals surface area contributed by atoms with Crippen molar-refractivity contribution in [3.05, 3.63) is 71.1 Å². The lowest BCUT2D eigenvalue weighted by Crippen LogP contribution is -2.18. The van der Waals surface area contributed by atoms with Crippen LogP contribution in [-0.4, -0.2) is 43.6 Å². The molecular formula is C23H21F2N5O5S2. The minimum Gasteiger partial charge on any atom is -0.287 e. The average molecular weight is 550 g/mol. The van der Waals surface area contributed by atoms with Gasteiger partial charge in [-0.1, -0.05) is 19.1 Å².